The van der Waals surface area contributed by atoms with Gasteiger partial charge in [-0.15, -0.1) is 0 Å². The summed E-state index contributed by atoms with van der Waals surface area (Å²) in [6.07, 6.45) is -3.28. The fraction of sp³-hybridized carbons (Fsp3) is 0.500. The van der Waals surface area contributed by atoms with Gasteiger partial charge in [0, 0.05) is 45.3 Å². The molecule has 7 nitrogen and oxygen atoms in total. The van der Waals surface area contributed by atoms with Crippen molar-refractivity contribution in [3.63, 3.8) is 0 Å². The number of halogens is 3. The molecule has 25 heavy (non-hydrogen) atoms. The Kier molecular flexibility index (Phi) is 4.82. The van der Waals surface area contributed by atoms with Crippen LogP contribution in [0.25, 0.3) is 0 Å². The van der Waals surface area contributed by atoms with Crippen LogP contribution in [0.1, 0.15) is 0 Å². The molecule has 0 N–H and O–H groups in total. The van der Waals surface area contributed by atoms with E-state index in [0.717, 1.165) is 39.3 Å². The van der Waals surface area contributed by atoms with Crippen LogP contribution in [0, 0.1) is 0 Å². The van der Waals surface area contributed by atoms with Gasteiger partial charge in [0.1, 0.15) is 11.4 Å². The summed E-state index contributed by atoms with van der Waals surface area (Å²) in [5.41, 5.74) is 1.89. The van der Waals surface area contributed by atoms with Crippen LogP contribution in [0.5, 0.6) is 0 Å². The Morgan fingerprint density at radius 1 is 0.960 bits per heavy atom. The molecule has 4 aliphatic rings. The minimum atomic E-state index is -4.80. The Morgan fingerprint density at radius 3 is 1.80 bits per heavy atom. The molecule has 0 spiro atoms. The molecule has 3 aliphatic heterocycles. The first kappa shape index (κ1) is 18.2. The quantitative estimate of drug-likeness (QED) is 0.275. The SMILES string of the molecule is O=C([O][Hg])C(F)(F)F.O=C1C=C(N2CC2)C(=O)C(N2CC2)=C1N1CC1. The van der Waals surface area contributed by atoms with Crippen molar-refractivity contribution in [2.45, 2.75) is 6.18 Å². The molecule has 11 heteroatoms. The van der Waals surface area contributed by atoms with Crippen LogP contribution in [-0.2, 0) is 43.6 Å². The number of Topliss-reactive ketones (excluding diaryl/α,β-unsaturated/α-hetero) is 1. The molecule has 0 aromatic rings. The second-order valence-corrected chi connectivity index (χ2v) is 6.93. The van der Waals surface area contributed by atoms with E-state index in [9.17, 15) is 27.6 Å². The molecule has 3 heterocycles. The second kappa shape index (κ2) is 6.62. The Bertz CT molecular complexity index is 692. The van der Waals surface area contributed by atoms with Gasteiger partial charge in [-0.1, -0.05) is 0 Å². The molecule has 0 radical (unpaired) electrons. The normalized spacial score (nSPS) is 21.6. The summed E-state index contributed by atoms with van der Waals surface area (Å²) in [4.78, 5) is 40.0. The Labute approximate surface area is 157 Å². The summed E-state index contributed by atoms with van der Waals surface area (Å²) < 4.78 is 36.6. The van der Waals surface area contributed by atoms with E-state index in [4.69, 9.17) is 0 Å². The van der Waals surface area contributed by atoms with Crippen molar-refractivity contribution in [2.75, 3.05) is 39.3 Å². The van der Waals surface area contributed by atoms with Gasteiger partial charge in [0.2, 0.25) is 11.6 Å². The summed E-state index contributed by atoms with van der Waals surface area (Å²) in [6, 6.07) is 0. The van der Waals surface area contributed by atoms with Crippen LogP contribution in [0.3, 0.4) is 0 Å². The van der Waals surface area contributed by atoms with Gasteiger partial charge in [0.25, 0.3) is 0 Å². The van der Waals surface area contributed by atoms with Gasteiger partial charge in [0.05, 0.1) is 5.70 Å². The van der Waals surface area contributed by atoms with Crippen molar-refractivity contribution in [3.8, 4) is 0 Å². The molecule has 0 aromatic heterocycles. The van der Waals surface area contributed by atoms with Gasteiger partial charge < -0.3 is 14.7 Å². The fourth-order valence-electron chi connectivity index (χ4n) is 2.36. The number of hydrogen-bond donors (Lipinski definition) is 0. The molecule has 3 saturated heterocycles. The predicted octanol–water partition coefficient (Wildman–Crippen LogP) is -0.266. The number of ketones is 2. The Morgan fingerprint density at radius 2 is 1.44 bits per heavy atom. The molecule has 0 bridgehead atoms. The number of carbonyl (C=O) groups excluding carboxylic acids is 3. The largest absolute Gasteiger partial charge is 0.365 e. The molecule has 0 amide bonds. The monoisotopic (exact) mass is 546 g/mol. The summed E-state index contributed by atoms with van der Waals surface area (Å²) in [7, 11) is 0. The number of carbonyl (C=O) groups is 3. The number of hydrogen-bond acceptors (Lipinski definition) is 7. The third kappa shape index (κ3) is 4.16. The van der Waals surface area contributed by atoms with Crippen LogP contribution < -0.4 is 0 Å². The van der Waals surface area contributed by atoms with Crippen molar-refractivity contribution in [2.24, 2.45) is 0 Å². The maximum atomic E-state index is 12.4. The molecule has 0 saturated carbocycles. The standard InChI is InChI=1S/C12H13N3O2.C2HF3O2.Hg/c16-9-7-8(13-1-2-13)12(17)11(15-5-6-15)10(9)14-3-4-14;3-2(4,5)1(6)7;/h7H,1-6H2;(H,6,7);/q;;+1/p-1. The zero-order chi connectivity index (χ0) is 18.4. The zero-order valence-corrected chi connectivity index (χ0v) is 18.6. The van der Waals surface area contributed by atoms with Gasteiger partial charge in [0.15, 0.2) is 0 Å². The molecule has 131 valence electrons. The average molecular weight is 545 g/mol. The van der Waals surface area contributed by atoms with Gasteiger partial charge in [-0.3, -0.25) is 9.59 Å². The molecule has 0 atom stereocenters. The topological polar surface area (TPSA) is 69.5 Å². The zero-order valence-electron chi connectivity index (χ0n) is 13.1. The van der Waals surface area contributed by atoms with E-state index in [1.807, 2.05) is 14.7 Å². The number of nitrogens with zero attached hydrogens (tertiary/aromatic N) is 3. The van der Waals surface area contributed by atoms with Gasteiger partial charge in [-0.05, 0) is 0 Å². The van der Waals surface area contributed by atoms with Gasteiger partial charge in [-0.25, -0.2) is 0 Å². The number of alkyl halides is 3. The third-order valence-corrected chi connectivity index (χ3v) is 4.87. The van der Waals surface area contributed by atoms with Crippen LogP contribution in [-0.4, -0.2) is 77.7 Å². The summed E-state index contributed by atoms with van der Waals surface area (Å²) in [5.74, 6) is -2.03. The van der Waals surface area contributed by atoms with E-state index in [-0.39, 0.29) is 11.6 Å². The first-order chi connectivity index (χ1) is 11.7. The molecule has 0 aromatic carbocycles. The minimum absolute atomic E-state index is 0.00546. The van der Waals surface area contributed by atoms with Crippen molar-refractivity contribution in [1.29, 1.82) is 0 Å². The number of allylic oxidation sites excluding steroid dienone is 1. The second-order valence-electron chi connectivity index (χ2n) is 5.81. The van der Waals surface area contributed by atoms with Crippen LogP contribution in [0.15, 0.2) is 23.2 Å². The van der Waals surface area contributed by atoms with E-state index < -0.39 is 38.7 Å². The molecule has 3 fully saturated rings. The van der Waals surface area contributed by atoms with Gasteiger partial charge >= 0.3 is 59.3 Å². The Balaban J connectivity index is 0.000000197. The van der Waals surface area contributed by atoms with Crippen LogP contribution >= 0.6 is 0 Å². The summed E-state index contributed by atoms with van der Waals surface area (Å²) in [6.45, 7) is 5.41. The molecular weight excluding hydrogens is 532 g/mol. The van der Waals surface area contributed by atoms with E-state index in [0.29, 0.717) is 17.1 Å². The first-order valence-electron chi connectivity index (χ1n) is 7.57. The van der Waals surface area contributed by atoms with Crippen molar-refractivity contribution in [1.82, 2.24) is 14.7 Å². The van der Waals surface area contributed by atoms with Crippen molar-refractivity contribution in [3.05, 3.63) is 23.2 Å². The first-order valence-corrected chi connectivity index (χ1v) is 9.81. The van der Waals surface area contributed by atoms with Crippen LogP contribution in [0.2, 0.25) is 0 Å². The number of rotatable bonds is 3. The molecule has 1 aliphatic carbocycles. The van der Waals surface area contributed by atoms with Crippen molar-refractivity contribution < 1.29 is 56.8 Å². The van der Waals surface area contributed by atoms with Gasteiger partial charge in [-0.2, -0.15) is 0 Å². The maximum absolute atomic E-state index is 12.4. The van der Waals surface area contributed by atoms with Crippen molar-refractivity contribution >= 4 is 17.5 Å². The predicted molar refractivity (Wildman–Crippen MR) is 72.0 cm³/mol. The maximum Gasteiger partial charge on any atom is 0.227 e. The summed E-state index contributed by atoms with van der Waals surface area (Å²) >= 11 is -0.573. The third-order valence-electron chi connectivity index (χ3n) is 3.85. The van der Waals surface area contributed by atoms with Crippen LogP contribution in [0.4, 0.5) is 13.2 Å². The Hall–Kier alpha value is -1.58. The van der Waals surface area contributed by atoms with E-state index in [1.54, 1.807) is 0 Å². The average Bonchev–Trinajstić information content (AvgIpc) is 3.39. The summed E-state index contributed by atoms with van der Waals surface area (Å²) in [5, 5.41) is 0. The van der Waals surface area contributed by atoms with E-state index in [2.05, 4.69) is 2.64 Å². The molecule has 4 rings (SSSR count). The minimum Gasteiger partial charge on any atom is -0.365 e. The smallest absolute Gasteiger partial charge is 0.227 e. The van der Waals surface area contributed by atoms with E-state index in [1.165, 1.54) is 6.08 Å². The molecular formula is C14H13F3HgN3O4. The van der Waals surface area contributed by atoms with E-state index >= 15 is 0 Å². The molecule has 0 unspecified atom stereocenters. The fourth-order valence-corrected chi connectivity index (χ4v) is 2.99.